The number of carbonyl (C=O) groups excluding carboxylic acids is 1. The van der Waals surface area contributed by atoms with Gasteiger partial charge >= 0.3 is 6.03 Å². The van der Waals surface area contributed by atoms with Crippen molar-refractivity contribution in [2.75, 3.05) is 25.5 Å². The Kier molecular flexibility index (Phi) is 6.01. The van der Waals surface area contributed by atoms with Gasteiger partial charge < -0.3 is 15.0 Å². The molecule has 0 radical (unpaired) electrons. The van der Waals surface area contributed by atoms with Gasteiger partial charge in [0.1, 0.15) is 12.3 Å². The number of halogens is 1. The van der Waals surface area contributed by atoms with E-state index in [2.05, 4.69) is 5.32 Å². The van der Waals surface area contributed by atoms with Gasteiger partial charge in [-0.05, 0) is 31.2 Å². The molecular weight excluding hydrogens is 375 g/mol. The van der Waals surface area contributed by atoms with Crippen molar-refractivity contribution in [1.29, 1.82) is 0 Å². The minimum atomic E-state index is -0.457. The molecule has 7 nitrogen and oxygen atoms in total. The Morgan fingerprint density at radius 1 is 1.14 bits per heavy atom. The normalized spacial score (nSPS) is 10.6. The second kappa shape index (κ2) is 8.64. The summed E-state index contributed by atoms with van der Waals surface area (Å²) >= 11 is 0. The first kappa shape index (κ1) is 20.2. The van der Waals surface area contributed by atoms with E-state index in [1.54, 1.807) is 37.8 Å². The van der Waals surface area contributed by atoms with Gasteiger partial charge in [0.05, 0.1) is 17.9 Å². The van der Waals surface area contributed by atoms with E-state index in [0.717, 1.165) is 0 Å². The van der Waals surface area contributed by atoms with E-state index < -0.39 is 11.8 Å². The summed E-state index contributed by atoms with van der Waals surface area (Å²) < 4.78 is 22.1. The summed E-state index contributed by atoms with van der Waals surface area (Å²) in [6, 6.07) is 14.8. The first-order chi connectivity index (χ1) is 13.9. The van der Waals surface area contributed by atoms with Crippen LogP contribution >= 0.6 is 0 Å². The Hall–Kier alpha value is -3.55. The Balaban J connectivity index is 1.67. The molecule has 0 aliphatic heterocycles. The lowest BCUT2D eigenvalue weighted by molar-refractivity contribution is 0.206. The molecule has 3 rings (SSSR count). The van der Waals surface area contributed by atoms with Gasteiger partial charge in [0.15, 0.2) is 11.6 Å². The molecule has 0 saturated heterocycles. The molecular formula is C21H23FN4O3. The van der Waals surface area contributed by atoms with Crippen LogP contribution < -0.4 is 15.6 Å². The van der Waals surface area contributed by atoms with Crippen LogP contribution in [0.25, 0.3) is 5.69 Å². The standard InChI is InChI=1S/C21H23FN4O3/c1-15-19(20(27)26(25(15)3)16-9-5-4-6-10-16)23-21(28)24(2)13-14-29-18-12-8-7-11-17(18)22/h4-12H,13-14H2,1-3H3,(H,23,28). The number of carbonyl (C=O) groups is 1. The number of urea groups is 1. The number of amides is 2. The van der Waals surface area contributed by atoms with Gasteiger partial charge in [0.2, 0.25) is 0 Å². The molecule has 0 spiro atoms. The number of nitrogens with zero attached hydrogens (tertiary/aromatic N) is 3. The number of hydrogen-bond acceptors (Lipinski definition) is 3. The van der Waals surface area contributed by atoms with Crippen LogP contribution in [0.2, 0.25) is 0 Å². The summed E-state index contributed by atoms with van der Waals surface area (Å²) in [4.78, 5) is 26.7. The highest BCUT2D eigenvalue weighted by atomic mass is 19.1. The van der Waals surface area contributed by atoms with E-state index in [1.165, 1.54) is 21.7 Å². The average Bonchev–Trinajstić information content (AvgIpc) is 2.93. The number of nitrogens with one attached hydrogen (secondary N) is 1. The molecule has 0 saturated carbocycles. The number of para-hydroxylation sites is 2. The summed E-state index contributed by atoms with van der Waals surface area (Å²) in [7, 11) is 3.33. The third-order valence-electron chi connectivity index (χ3n) is 4.65. The van der Waals surface area contributed by atoms with Crippen molar-refractivity contribution in [2.24, 2.45) is 7.05 Å². The van der Waals surface area contributed by atoms with Crippen LogP contribution in [0.1, 0.15) is 5.69 Å². The van der Waals surface area contributed by atoms with Gasteiger partial charge in [-0.25, -0.2) is 13.9 Å². The van der Waals surface area contributed by atoms with Crippen LogP contribution in [0.3, 0.4) is 0 Å². The molecule has 152 valence electrons. The number of ether oxygens (including phenoxy) is 1. The third kappa shape index (κ3) is 4.31. The molecule has 3 aromatic rings. The van der Waals surface area contributed by atoms with Crippen molar-refractivity contribution < 1.29 is 13.9 Å². The van der Waals surface area contributed by atoms with Crippen LogP contribution in [0, 0.1) is 12.7 Å². The monoisotopic (exact) mass is 398 g/mol. The molecule has 1 aromatic heterocycles. The number of benzene rings is 2. The van der Waals surface area contributed by atoms with Gasteiger partial charge in [0, 0.05) is 14.1 Å². The van der Waals surface area contributed by atoms with Crippen molar-refractivity contribution >= 4 is 11.7 Å². The maximum absolute atomic E-state index is 13.6. The van der Waals surface area contributed by atoms with E-state index >= 15 is 0 Å². The highest BCUT2D eigenvalue weighted by molar-refractivity contribution is 5.89. The predicted molar refractivity (Wildman–Crippen MR) is 109 cm³/mol. The topological polar surface area (TPSA) is 68.5 Å². The number of likely N-dealkylation sites (N-methyl/N-ethyl adjacent to an activating group) is 1. The van der Waals surface area contributed by atoms with Crippen molar-refractivity contribution in [2.45, 2.75) is 6.92 Å². The highest BCUT2D eigenvalue weighted by Gasteiger charge is 2.19. The lowest BCUT2D eigenvalue weighted by Crippen LogP contribution is -2.36. The van der Waals surface area contributed by atoms with Crippen molar-refractivity contribution in [3.8, 4) is 11.4 Å². The smallest absolute Gasteiger partial charge is 0.321 e. The fourth-order valence-corrected chi connectivity index (χ4v) is 2.87. The molecule has 8 heteroatoms. The molecule has 0 aliphatic carbocycles. The first-order valence-corrected chi connectivity index (χ1v) is 9.13. The maximum Gasteiger partial charge on any atom is 0.321 e. The molecule has 0 aliphatic rings. The fraction of sp³-hybridized carbons (Fsp3) is 0.238. The first-order valence-electron chi connectivity index (χ1n) is 9.13. The van der Waals surface area contributed by atoms with Gasteiger partial charge in [-0.1, -0.05) is 30.3 Å². The zero-order valence-corrected chi connectivity index (χ0v) is 16.6. The van der Waals surface area contributed by atoms with Gasteiger partial charge in [-0.3, -0.25) is 9.48 Å². The minimum absolute atomic E-state index is 0.118. The molecule has 0 atom stereocenters. The lowest BCUT2D eigenvalue weighted by atomic mass is 10.3. The highest BCUT2D eigenvalue weighted by Crippen LogP contribution is 2.16. The number of rotatable bonds is 6. The van der Waals surface area contributed by atoms with Crippen molar-refractivity contribution in [3.63, 3.8) is 0 Å². The quantitative estimate of drug-likeness (QED) is 0.694. The molecule has 1 N–H and O–H groups in total. The second-order valence-electron chi connectivity index (χ2n) is 6.57. The summed E-state index contributed by atoms with van der Waals surface area (Å²) in [5.74, 6) is -0.327. The van der Waals surface area contributed by atoms with Crippen molar-refractivity contribution in [1.82, 2.24) is 14.3 Å². The largest absolute Gasteiger partial charge is 0.489 e. The average molecular weight is 398 g/mol. The molecule has 0 unspecified atom stereocenters. The van der Waals surface area contributed by atoms with E-state index in [0.29, 0.717) is 11.4 Å². The fourth-order valence-electron chi connectivity index (χ4n) is 2.87. The number of hydrogen-bond donors (Lipinski definition) is 1. The Morgan fingerprint density at radius 3 is 2.48 bits per heavy atom. The van der Waals surface area contributed by atoms with Crippen molar-refractivity contribution in [3.05, 3.63) is 76.5 Å². The van der Waals surface area contributed by atoms with Crippen LogP contribution in [-0.4, -0.2) is 40.5 Å². The molecule has 0 bridgehead atoms. The molecule has 1 heterocycles. The Morgan fingerprint density at radius 2 is 1.79 bits per heavy atom. The second-order valence-corrected chi connectivity index (χ2v) is 6.57. The minimum Gasteiger partial charge on any atom is -0.489 e. The zero-order chi connectivity index (χ0) is 21.0. The van der Waals surface area contributed by atoms with E-state index in [9.17, 15) is 14.0 Å². The number of aromatic nitrogens is 2. The van der Waals surface area contributed by atoms with E-state index in [1.807, 2.05) is 30.3 Å². The summed E-state index contributed by atoms with van der Waals surface area (Å²) in [6.45, 7) is 2.10. The maximum atomic E-state index is 13.6. The Bertz CT molecular complexity index is 1060. The lowest BCUT2D eigenvalue weighted by Gasteiger charge is -2.18. The molecule has 0 fully saturated rings. The van der Waals surface area contributed by atoms with Gasteiger partial charge in [0.25, 0.3) is 5.56 Å². The van der Waals surface area contributed by atoms with Crippen LogP contribution in [-0.2, 0) is 7.05 Å². The SMILES string of the molecule is Cc1c(NC(=O)N(C)CCOc2ccccc2F)c(=O)n(-c2ccccc2)n1C. The van der Waals surface area contributed by atoms with Gasteiger partial charge in [-0.2, -0.15) is 0 Å². The molecule has 2 amide bonds. The van der Waals surface area contributed by atoms with E-state index in [-0.39, 0.29) is 30.1 Å². The van der Waals surface area contributed by atoms with E-state index in [4.69, 9.17) is 4.74 Å². The van der Waals surface area contributed by atoms with Crippen LogP contribution in [0.15, 0.2) is 59.4 Å². The van der Waals surface area contributed by atoms with Crippen LogP contribution in [0.4, 0.5) is 14.9 Å². The zero-order valence-electron chi connectivity index (χ0n) is 16.6. The Labute approximate surface area is 167 Å². The third-order valence-corrected chi connectivity index (χ3v) is 4.65. The summed E-state index contributed by atoms with van der Waals surface area (Å²) in [5, 5.41) is 2.67. The summed E-state index contributed by atoms with van der Waals surface area (Å²) in [5.41, 5.74) is 1.22. The van der Waals surface area contributed by atoms with Crippen LogP contribution in [0.5, 0.6) is 5.75 Å². The molecule has 2 aromatic carbocycles. The number of anilines is 1. The summed E-state index contributed by atoms with van der Waals surface area (Å²) in [6.07, 6.45) is 0. The molecule has 29 heavy (non-hydrogen) atoms. The van der Waals surface area contributed by atoms with Gasteiger partial charge in [-0.15, -0.1) is 0 Å². The predicted octanol–water partition coefficient (Wildman–Crippen LogP) is 3.17.